The van der Waals surface area contributed by atoms with Gasteiger partial charge in [0.1, 0.15) is 18.2 Å². The fourth-order valence-electron chi connectivity index (χ4n) is 1.95. The van der Waals surface area contributed by atoms with Crippen molar-refractivity contribution in [2.45, 2.75) is 6.92 Å². The lowest BCUT2D eigenvalue weighted by molar-refractivity contribution is 0.353. The summed E-state index contributed by atoms with van der Waals surface area (Å²) in [6.45, 7) is 2.19. The number of rotatable bonds is 2. The molecule has 0 aliphatic carbocycles. The third-order valence-electron chi connectivity index (χ3n) is 2.91. The van der Waals surface area contributed by atoms with Gasteiger partial charge in [-0.3, -0.25) is 5.10 Å². The molecule has 108 valence electrons. The Balaban J connectivity index is 1.94. The molecule has 5 nitrogen and oxygen atoms in total. The fraction of sp³-hybridized carbons (Fsp3) is 0.154. The maximum absolute atomic E-state index is 6.09. The van der Waals surface area contributed by atoms with E-state index in [2.05, 4.69) is 15.3 Å². The number of aryl methyl sites for hydroxylation is 1. The average molecular weight is 341 g/mol. The Hall–Kier alpha value is -1.63. The highest BCUT2D eigenvalue weighted by Gasteiger charge is 2.15. The Bertz CT molecular complexity index is 822. The van der Waals surface area contributed by atoms with Crippen molar-refractivity contribution in [3.8, 4) is 5.75 Å². The molecule has 2 heterocycles. The number of fused-ring (bicyclic) bond motifs is 1. The number of nitrogens with one attached hydrogen (secondary N) is 1. The van der Waals surface area contributed by atoms with E-state index in [0.717, 1.165) is 11.1 Å². The molecule has 1 aliphatic rings. The van der Waals surface area contributed by atoms with Crippen molar-refractivity contribution in [3.05, 3.63) is 43.9 Å². The van der Waals surface area contributed by atoms with Crippen LogP contribution in [-0.4, -0.2) is 27.7 Å². The summed E-state index contributed by atoms with van der Waals surface area (Å²) in [6, 6.07) is 3.45. The average Bonchev–Trinajstić information content (AvgIpc) is 2.75. The predicted molar refractivity (Wildman–Crippen MR) is 86.0 cm³/mol. The van der Waals surface area contributed by atoms with Crippen LogP contribution in [0.25, 0.3) is 6.08 Å². The summed E-state index contributed by atoms with van der Waals surface area (Å²) in [5, 5.41) is 12.0. The maximum atomic E-state index is 6.09. The van der Waals surface area contributed by atoms with E-state index in [1.54, 1.807) is 18.3 Å². The van der Waals surface area contributed by atoms with Gasteiger partial charge < -0.3 is 4.74 Å². The zero-order valence-electron chi connectivity index (χ0n) is 10.9. The Morgan fingerprint density at radius 2 is 2.29 bits per heavy atom. The van der Waals surface area contributed by atoms with Crippen LogP contribution in [0, 0.1) is 11.7 Å². The Morgan fingerprint density at radius 3 is 3.00 bits per heavy atom. The Kier molecular flexibility index (Phi) is 3.84. The zero-order valence-corrected chi connectivity index (χ0v) is 13.3. The molecule has 21 heavy (non-hydrogen) atoms. The molecular weight excluding hydrogens is 331 g/mol. The van der Waals surface area contributed by atoms with Crippen LogP contribution in [-0.2, 0) is 0 Å². The van der Waals surface area contributed by atoms with E-state index >= 15 is 0 Å². The minimum atomic E-state index is 0.377. The van der Waals surface area contributed by atoms with Crippen LogP contribution in [0.3, 0.4) is 0 Å². The fourth-order valence-corrected chi connectivity index (χ4v) is 2.74. The van der Waals surface area contributed by atoms with Gasteiger partial charge in [0.25, 0.3) is 0 Å². The number of nitrogens with zero attached hydrogens (tertiary/aromatic N) is 3. The molecule has 1 aliphatic heterocycles. The molecule has 3 rings (SSSR count). The second kappa shape index (κ2) is 5.63. The summed E-state index contributed by atoms with van der Waals surface area (Å²) < 4.78 is 7.62. The quantitative estimate of drug-likeness (QED) is 0.666. The molecule has 0 unspecified atom stereocenters. The first kappa shape index (κ1) is 14.3. The third-order valence-corrected chi connectivity index (χ3v) is 3.68. The number of ether oxygens (including phenoxy) is 1. The Labute approximate surface area is 135 Å². The number of benzene rings is 1. The standard InChI is InChI=1S/C13H10Cl2N4OS/c1-7-17-18-13(21)19(7)16-5-8-2-9-3-10(14)4-11(15)12(9)20-6-8/h2-5H,6H2,1H3,(H,18,21)/b16-5+. The van der Waals surface area contributed by atoms with E-state index in [-0.39, 0.29) is 0 Å². The molecule has 0 spiro atoms. The van der Waals surface area contributed by atoms with Gasteiger partial charge in [0.05, 0.1) is 11.2 Å². The molecule has 0 atom stereocenters. The number of aromatic amines is 1. The SMILES string of the molecule is Cc1n[nH]c(=S)n1/N=C/C1=Cc2cc(Cl)cc(Cl)c2OC1. The summed E-state index contributed by atoms with van der Waals surface area (Å²) in [5.41, 5.74) is 1.70. The smallest absolute Gasteiger partial charge is 0.216 e. The molecular formula is C13H10Cl2N4OS. The number of halogens is 2. The molecule has 0 amide bonds. The van der Waals surface area contributed by atoms with Crippen molar-refractivity contribution in [1.29, 1.82) is 0 Å². The van der Waals surface area contributed by atoms with Crippen LogP contribution < -0.4 is 4.74 Å². The first-order valence-corrected chi connectivity index (χ1v) is 7.22. The van der Waals surface area contributed by atoms with Gasteiger partial charge in [-0.2, -0.15) is 14.9 Å². The summed E-state index contributed by atoms with van der Waals surface area (Å²) in [7, 11) is 0. The zero-order chi connectivity index (χ0) is 15.0. The lowest BCUT2D eigenvalue weighted by atomic mass is 10.1. The summed E-state index contributed by atoms with van der Waals surface area (Å²) in [4.78, 5) is 0. The van der Waals surface area contributed by atoms with E-state index in [0.29, 0.717) is 33.0 Å². The summed E-state index contributed by atoms with van der Waals surface area (Å²) in [6.07, 6.45) is 3.61. The van der Waals surface area contributed by atoms with E-state index in [1.807, 2.05) is 13.0 Å². The van der Waals surface area contributed by atoms with Crippen molar-refractivity contribution >= 4 is 47.7 Å². The van der Waals surface area contributed by atoms with Gasteiger partial charge in [0.15, 0.2) is 0 Å². The highest BCUT2D eigenvalue weighted by atomic mass is 35.5. The first-order valence-electron chi connectivity index (χ1n) is 6.05. The molecule has 0 saturated heterocycles. The van der Waals surface area contributed by atoms with Gasteiger partial charge in [-0.25, -0.2) is 0 Å². The first-order chi connectivity index (χ1) is 10.0. The topological polar surface area (TPSA) is 55.2 Å². The lowest BCUT2D eigenvalue weighted by Crippen LogP contribution is -2.09. The van der Waals surface area contributed by atoms with Gasteiger partial charge in [0.2, 0.25) is 4.77 Å². The lowest BCUT2D eigenvalue weighted by Gasteiger charge is -2.17. The number of hydrogen-bond acceptors (Lipinski definition) is 4. The van der Waals surface area contributed by atoms with Gasteiger partial charge in [-0.15, -0.1) is 0 Å². The highest BCUT2D eigenvalue weighted by Crippen LogP contribution is 2.36. The van der Waals surface area contributed by atoms with Crippen molar-refractivity contribution in [2.24, 2.45) is 5.10 Å². The largest absolute Gasteiger partial charge is 0.487 e. The van der Waals surface area contributed by atoms with Gasteiger partial charge in [-0.1, -0.05) is 23.2 Å². The molecule has 1 aromatic heterocycles. The summed E-state index contributed by atoms with van der Waals surface area (Å²) >= 11 is 17.2. The Morgan fingerprint density at radius 1 is 1.48 bits per heavy atom. The molecule has 0 radical (unpaired) electrons. The molecule has 8 heteroatoms. The van der Waals surface area contributed by atoms with Gasteiger partial charge in [-0.05, 0) is 37.4 Å². The van der Waals surface area contributed by atoms with Crippen molar-refractivity contribution in [3.63, 3.8) is 0 Å². The van der Waals surface area contributed by atoms with Crippen molar-refractivity contribution < 1.29 is 4.74 Å². The number of H-pyrrole nitrogens is 1. The highest BCUT2D eigenvalue weighted by molar-refractivity contribution is 7.71. The third kappa shape index (κ3) is 2.88. The number of aromatic nitrogens is 3. The van der Waals surface area contributed by atoms with Crippen LogP contribution >= 0.6 is 35.4 Å². The van der Waals surface area contributed by atoms with Gasteiger partial charge in [0, 0.05) is 16.2 Å². The van der Waals surface area contributed by atoms with Crippen LogP contribution in [0.1, 0.15) is 11.4 Å². The van der Waals surface area contributed by atoms with Crippen LogP contribution in [0.5, 0.6) is 5.75 Å². The van der Waals surface area contributed by atoms with E-state index in [9.17, 15) is 0 Å². The van der Waals surface area contributed by atoms with Crippen molar-refractivity contribution in [1.82, 2.24) is 14.9 Å². The normalized spacial score (nSPS) is 14.0. The maximum Gasteiger partial charge on any atom is 0.216 e. The molecule has 0 fully saturated rings. The molecule has 1 aromatic carbocycles. The van der Waals surface area contributed by atoms with Crippen molar-refractivity contribution in [2.75, 3.05) is 6.61 Å². The van der Waals surface area contributed by atoms with E-state index in [4.69, 9.17) is 40.2 Å². The van der Waals surface area contributed by atoms with E-state index in [1.165, 1.54) is 4.68 Å². The molecule has 0 bridgehead atoms. The second-order valence-corrected chi connectivity index (χ2v) is 5.68. The van der Waals surface area contributed by atoms with Gasteiger partial charge >= 0.3 is 0 Å². The minimum absolute atomic E-state index is 0.377. The van der Waals surface area contributed by atoms with Crippen LogP contribution in [0.4, 0.5) is 0 Å². The number of hydrogen-bond donors (Lipinski definition) is 1. The second-order valence-electron chi connectivity index (χ2n) is 4.45. The monoisotopic (exact) mass is 340 g/mol. The molecule has 1 N–H and O–H groups in total. The predicted octanol–water partition coefficient (Wildman–Crippen LogP) is 3.87. The summed E-state index contributed by atoms with van der Waals surface area (Å²) in [5.74, 6) is 1.31. The molecule has 2 aromatic rings. The molecule has 0 saturated carbocycles. The van der Waals surface area contributed by atoms with Crippen LogP contribution in [0.15, 0.2) is 22.8 Å². The van der Waals surface area contributed by atoms with E-state index < -0.39 is 0 Å². The minimum Gasteiger partial charge on any atom is -0.487 e. The van der Waals surface area contributed by atoms with Crippen LogP contribution in [0.2, 0.25) is 10.0 Å².